The molecule has 1 rings (SSSR count). The second kappa shape index (κ2) is 5.72. The van der Waals surface area contributed by atoms with Gasteiger partial charge in [-0.1, -0.05) is 13.8 Å². The van der Waals surface area contributed by atoms with Crippen LogP contribution in [0.15, 0.2) is 0 Å². The number of nitrogens with one attached hydrogen (secondary N) is 1. The van der Waals surface area contributed by atoms with Crippen LogP contribution >= 0.6 is 11.8 Å². The second-order valence-electron chi connectivity index (χ2n) is 4.48. The van der Waals surface area contributed by atoms with Gasteiger partial charge in [-0.05, 0) is 12.8 Å². The molecule has 0 aliphatic carbocycles. The number of thioether (sulfide) groups is 1. The van der Waals surface area contributed by atoms with Crippen LogP contribution < -0.4 is 11.3 Å². The third-order valence-corrected chi connectivity index (χ3v) is 4.43. The smallest absolute Gasteiger partial charge is 0.240 e. The molecule has 5 heteroatoms. The van der Waals surface area contributed by atoms with Gasteiger partial charge in [0.25, 0.3) is 0 Å². The topological polar surface area (TPSA) is 64.3 Å². The lowest BCUT2D eigenvalue weighted by atomic mass is 9.96. The van der Waals surface area contributed by atoms with Crippen molar-refractivity contribution in [2.24, 2.45) is 11.3 Å². The standard InChI is InChI=1S/C10H20N2O2S/c1-10(2,9(13)12-11)7-15-8-3-5-14-6-4-8/h8H,3-7,11H2,1-2H3,(H,12,13). The van der Waals surface area contributed by atoms with Gasteiger partial charge in [-0.3, -0.25) is 10.2 Å². The first-order valence-corrected chi connectivity index (χ1v) is 6.31. The van der Waals surface area contributed by atoms with Crippen molar-refractivity contribution in [1.82, 2.24) is 5.43 Å². The maximum atomic E-state index is 11.4. The van der Waals surface area contributed by atoms with Crippen molar-refractivity contribution < 1.29 is 9.53 Å². The first kappa shape index (κ1) is 12.8. The fraction of sp³-hybridized carbons (Fsp3) is 0.900. The molecule has 3 N–H and O–H groups in total. The molecule has 0 bridgehead atoms. The number of ether oxygens (including phenoxy) is 1. The van der Waals surface area contributed by atoms with Crippen molar-refractivity contribution in [3.8, 4) is 0 Å². The Kier molecular flexibility index (Phi) is 4.89. The van der Waals surface area contributed by atoms with Gasteiger partial charge in [0, 0.05) is 24.2 Å². The summed E-state index contributed by atoms with van der Waals surface area (Å²) in [6.07, 6.45) is 2.18. The maximum absolute atomic E-state index is 11.4. The Bertz CT molecular complexity index is 215. The predicted molar refractivity (Wildman–Crippen MR) is 62.4 cm³/mol. The molecule has 0 aromatic carbocycles. The van der Waals surface area contributed by atoms with Crippen LogP contribution in [0.3, 0.4) is 0 Å². The molecule has 1 amide bonds. The third-order valence-electron chi connectivity index (χ3n) is 2.59. The fourth-order valence-electron chi connectivity index (χ4n) is 1.43. The van der Waals surface area contributed by atoms with Gasteiger partial charge in [0.05, 0.1) is 5.41 Å². The first-order valence-electron chi connectivity index (χ1n) is 5.26. The molecule has 0 saturated carbocycles. The summed E-state index contributed by atoms with van der Waals surface area (Å²) in [6.45, 7) is 5.53. The summed E-state index contributed by atoms with van der Waals surface area (Å²) in [5.41, 5.74) is 1.82. The van der Waals surface area contributed by atoms with Gasteiger partial charge < -0.3 is 4.74 Å². The molecular weight excluding hydrogens is 212 g/mol. The van der Waals surface area contributed by atoms with E-state index >= 15 is 0 Å². The number of rotatable bonds is 4. The Morgan fingerprint density at radius 1 is 1.53 bits per heavy atom. The van der Waals surface area contributed by atoms with Crippen molar-refractivity contribution in [1.29, 1.82) is 0 Å². The summed E-state index contributed by atoms with van der Waals surface area (Å²) in [5, 5.41) is 0.628. The van der Waals surface area contributed by atoms with Crippen molar-refractivity contribution in [3.63, 3.8) is 0 Å². The van der Waals surface area contributed by atoms with Crippen molar-refractivity contribution in [3.05, 3.63) is 0 Å². The van der Waals surface area contributed by atoms with Crippen LogP contribution in [0.1, 0.15) is 26.7 Å². The number of nitrogens with two attached hydrogens (primary N) is 1. The molecule has 1 aliphatic rings. The Balaban J connectivity index is 2.31. The highest BCUT2D eigenvalue weighted by molar-refractivity contribution is 7.99. The van der Waals surface area contributed by atoms with E-state index in [4.69, 9.17) is 10.6 Å². The molecule has 0 unspecified atom stereocenters. The van der Waals surface area contributed by atoms with Crippen LogP contribution in [-0.4, -0.2) is 30.1 Å². The number of hydrogen-bond donors (Lipinski definition) is 2. The second-order valence-corrected chi connectivity index (χ2v) is 5.77. The number of carbonyl (C=O) groups is 1. The lowest BCUT2D eigenvalue weighted by molar-refractivity contribution is -0.128. The molecule has 0 radical (unpaired) electrons. The summed E-state index contributed by atoms with van der Waals surface area (Å²) in [4.78, 5) is 11.4. The highest BCUT2D eigenvalue weighted by Crippen LogP contribution is 2.29. The molecular formula is C10H20N2O2S. The van der Waals surface area contributed by atoms with Gasteiger partial charge in [0.15, 0.2) is 0 Å². The molecule has 1 aliphatic heterocycles. The Morgan fingerprint density at radius 3 is 2.67 bits per heavy atom. The molecule has 0 spiro atoms. The number of hydrazine groups is 1. The summed E-state index contributed by atoms with van der Waals surface area (Å²) in [5.74, 6) is 5.85. The highest BCUT2D eigenvalue weighted by Gasteiger charge is 2.28. The quantitative estimate of drug-likeness (QED) is 0.430. The third kappa shape index (κ3) is 4.01. The zero-order chi connectivity index (χ0) is 11.3. The van der Waals surface area contributed by atoms with Crippen LogP contribution in [-0.2, 0) is 9.53 Å². The van der Waals surface area contributed by atoms with E-state index in [0.29, 0.717) is 5.25 Å². The van der Waals surface area contributed by atoms with Crippen LogP contribution in [0.2, 0.25) is 0 Å². The summed E-state index contributed by atoms with van der Waals surface area (Å²) < 4.78 is 5.29. The lowest BCUT2D eigenvalue weighted by Crippen LogP contribution is -2.42. The minimum Gasteiger partial charge on any atom is -0.381 e. The van der Waals surface area contributed by atoms with E-state index in [-0.39, 0.29) is 5.91 Å². The highest BCUT2D eigenvalue weighted by atomic mass is 32.2. The number of amides is 1. The molecule has 4 nitrogen and oxygen atoms in total. The van der Waals surface area contributed by atoms with Crippen LogP contribution in [0.25, 0.3) is 0 Å². The normalized spacial score (nSPS) is 18.9. The monoisotopic (exact) mass is 232 g/mol. The lowest BCUT2D eigenvalue weighted by Gasteiger charge is -2.27. The van der Waals surface area contributed by atoms with Gasteiger partial charge in [-0.15, -0.1) is 0 Å². The van der Waals surface area contributed by atoms with Gasteiger partial charge in [-0.25, -0.2) is 5.84 Å². The Hall–Kier alpha value is -0.260. The van der Waals surface area contributed by atoms with E-state index in [1.807, 2.05) is 25.6 Å². The fourth-order valence-corrected chi connectivity index (χ4v) is 2.74. The van der Waals surface area contributed by atoms with Crippen molar-refractivity contribution in [2.45, 2.75) is 31.9 Å². The van der Waals surface area contributed by atoms with Crippen LogP contribution in [0.4, 0.5) is 0 Å². The van der Waals surface area contributed by atoms with E-state index in [0.717, 1.165) is 31.8 Å². The van der Waals surface area contributed by atoms with Gasteiger partial charge in [0.1, 0.15) is 0 Å². The average molecular weight is 232 g/mol. The molecule has 0 atom stereocenters. The van der Waals surface area contributed by atoms with E-state index in [2.05, 4.69) is 5.43 Å². The van der Waals surface area contributed by atoms with Crippen LogP contribution in [0, 0.1) is 5.41 Å². The predicted octanol–water partition coefficient (Wildman–Crippen LogP) is 0.915. The van der Waals surface area contributed by atoms with Gasteiger partial charge >= 0.3 is 0 Å². The Labute approximate surface area is 95.3 Å². The minimum absolute atomic E-state index is 0.0953. The summed E-state index contributed by atoms with van der Waals surface area (Å²) in [7, 11) is 0. The molecule has 88 valence electrons. The Morgan fingerprint density at radius 2 is 2.13 bits per heavy atom. The van der Waals surface area contributed by atoms with Crippen molar-refractivity contribution in [2.75, 3.05) is 19.0 Å². The van der Waals surface area contributed by atoms with Crippen molar-refractivity contribution >= 4 is 17.7 Å². The van der Waals surface area contributed by atoms with E-state index in [1.54, 1.807) is 0 Å². The largest absolute Gasteiger partial charge is 0.381 e. The van der Waals surface area contributed by atoms with E-state index in [9.17, 15) is 4.79 Å². The zero-order valence-electron chi connectivity index (χ0n) is 9.41. The zero-order valence-corrected chi connectivity index (χ0v) is 10.2. The average Bonchev–Trinajstić information content (AvgIpc) is 2.27. The van der Waals surface area contributed by atoms with E-state index < -0.39 is 5.41 Å². The maximum Gasteiger partial charge on any atom is 0.240 e. The summed E-state index contributed by atoms with van der Waals surface area (Å²) >= 11 is 1.85. The molecule has 15 heavy (non-hydrogen) atoms. The number of hydrogen-bond acceptors (Lipinski definition) is 4. The molecule has 0 aromatic heterocycles. The minimum atomic E-state index is -0.391. The summed E-state index contributed by atoms with van der Waals surface area (Å²) in [6, 6.07) is 0. The molecule has 0 aromatic rings. The van der Waals surface area contributed by atoms with E-state index in [1.165, 1.54) is 0 Å². The first-order chi connectivity index (χ1) is 7.06. The van der Waals surface area contributed by atoms with Crippen LogP contribution in [0.5, 0.6) is 0 Å². The molecule has 1 saturated heterocycles. The molecule has 1 heterocycles. The molecule has 1 fully saturated rings. The van der Waals surface area contributed by atoms with Gasteiger partial charge in [0.2, 0.25) is 5.91 Å². The SMILES string of the molecule is CC(C)(CSC1CCOCC1)C(=O)NN. The number of carbonyl (C=O) groups excluding carboxylic acids is 1. The van der Waals surface area contributed by atoms with Gasteiger partial charge in [-0.2, -0.15) is 11.8 Å².